The molecule has 1 aliphatic rings. The fourth-order valence-corrected chi connectivity index (χ4v) is 6.21. The number of carbonyl (C=O) groups is 2. The lowest BCUT2D eigenvalue weighted by molar-refractivity contribution is -0.140. The zero-order chi connectivity index (χ0) is 31.6. The quantitative estimate of drug-likeness (QED) is 0.230. The Labute approximate surface area is 253 Å². The lowest BCUT2D eigenvalue weighted by atomic mass is 10.0. The van der Waals surface area contributed by atoms with Crippen LogP contribution in [0.15, 0.2) is 40.9 Å². The summed E-state index contributed by atoms with van der Waals surface area (Å²) < 4.78 is 42.0. The van der Waals surface area contributed by atoms with Crippen molar-refractivity contribution in [2.24, 2.45) is 5.92 Å². The number of alkyl halides is 3. The van der Waals surface area contributed by atoms with Gasteiger partial charge in [0.15, 0.2) is 5.69 Å². The molecule has 44 heavy (non-hydrogen) atoms. The van der Waals surface area contributed by atoms with E-state index < -0.39 is 34.9 Å². The molecule has 0 unspecified atom stereocenters. The molecular weight excluding hydrogens is 599 g/mol. The second-order valence-corrected chi connectivity index (χ2v) is 11.4. The number of likely N-dealkylation sites (tertiary alicyclic amines) is 1. The molecular formula is C29H30F3N7O4S. The van der Waals surface area contributed by atoms with Gasteiger partial charge in [0.2, 0.25) is 5.43 Å². The molecule has 0 aliphatic carbocycles. The van der Waals surface area contributed by atoms with Crippen LogP contribution >= 0.6 is 11.3 Å². The highest BCUT2D eigenvalue weighted by Gasteiger charge is 2.34. The van der Waals surface area contributed by atoms with Gasteiger partial charge in [0, 0.05) is 48.5 Å². The van der Waals surface area contributed by atoms with Crippen LogP contribution in [0.2, 0.25) is 0 Å². The number of anilines is 1. The number of nitrogens with one attached hydrogen (secondary N) is 2. The Morgan fingerprint density at radius 2 is 1.95 bits per heavy atom. The number of aromatic nitrogens is 4. The largest absolute Gasteiger partial charge is 0.477 e. The van der Waals surface area contributed by atoms with E-state index in [2.05, 4.69) is 37.4 Å². The van der Waals surface area contributed by atoms with Crippen molar-refractivity contribution in [1.29, 1.82) is 0 Å². The highest BCUT2D eigenvalue weighted by molar-refractivity contribution is 7.13. The van der Waals surface area contributed by atoms with Crippen LogP contribution in [-0.2, 0) is 12.7 Å². The molecule has 3 N–H and O–H groups in total. The third-order valence-electron chi connectivity index (χ3n) is 7.35. The Kier molecular flexibility index (Phi) is 8.97. The first-order valence-corrected chi connectivity index (χ1v) is 14.9. The van der Waals surface area contributed by atoms with E-state index in [1.54, 1.807) is 11.5 Å². The maximum atomic E-state index is 13.4. The number of hydrogen-bond donors (Lipinski definition) is 3. The molecule has 4 aromatic heterocycles. The summed E-state index contributed by atoms with van der Waals surface area (Å²) in [4.78, 5) is 52.4. The van der Waals surface area contributed by atoms with Crippen molar-refractivity contribution in [1.82, 2.24) is 29.7 Å². The molecule has 2 amide bonds. The lowest BCUT2D eigenvalue weighted by Gasteiger charge is -2.18. The van der Waals surface area contributed by atoms with Gasteiger partial charge in [0.05, 0.1) is 22.8 Å². The second kappa shape index (κ2) is 12.7. The number of carbonyl (C=O) groups excluding carboxylic acids is 1. The molecule has 232 valence electrons. The zero-order valence-corrected chi connectivity index (χ0v) is 24.8. The molecule has 5 heterocycles. The van der Waals surface area contributed by atoms with Crippen molar-refractivity contribution in [2.45, 2.75) is 39.4 Å². The van der Waals surface area contributed by atoms with E-state index >= 15 is 0 Å². The summed E-state index contributed by atoms with van der Waals surface area (Å²) in [5, 5.41) is 15.9. The standard InChI is InChI=1S/C29H30F3N7O4S/c1-3-6-38-7-5-16(12-38)13-39-14-20(27(41)42)25(40)18-8-21(34-11-22(18)39)19-10-35-24(37-28(43)33-4-2)9-17(19)26-36-23(15-44-26)29(30,31)32/h8-11,14-16H,3-7,12-13H2,1-2H3,(H,41,42)(H2,33,35,37,43)/t16-/m0/s1. The molecule has 0 bridgehead atoms. The number of pyridine rings is 3. The average Bonchev–Trinajstić information content (AvgIpc) is 3.65. The molecule has 0 spiro atoms. The highest BCUT2D eigenvalue weighted by Crippen LogP contribution is 2.38. The van der Waals surface area contributed by atoms with Gasteiger partial charge in [-0.05, 0) is 50.9 Å². The SMILES string of the molecule is CCCN1CC[C@H](Cn2cc(C(=O)O)c(=O)c3cc(-c4cnc(NC(=O)NCC)cc4-c4nc(C(F)(F)F)cs4)ncc32)C1. The van der Waals surface area contributed by atoms with Gasteiger partial charge in [0.25, 0.3) is 0 Å². The molecule has 1 atom stereocenters. The molecule has 0 aromatic carbocycles. The van der Waals surface area contributed by atoms with Crippen molar-refractivity contribution >= 4 is 40.1 Å². The molecule has 4 aromatic rings. The number of amides is 2. The lowest BCUT2D eigenvalue weighted by Crippen LogP contribution is -2.28. The summed E-state index contributed by atoms with van der Waals surface area (Å²) in [5.74, 6) is -1.06. The van der Waals surface area contributed by atoms with Gasteiger partial charge >= 0.3 is 18.2 Å². The number of halogens is 3. The first-order chi connectivity index (χ1) is 21.0. The van der Waals surface area contributed by atoms with E-state index in [0.29, 0.717) is 18.6 Å². The summed E-state index contributed by atoms with van der Waals surface area (Å²) in [6.07, 6.45) is 1.42. The Morgan fingerprint density at radius 3 is 2.64 bits per heavy atom. The minimum absolute atomic E-state index is 0.00913. The van der Waals surface area contributed by atoms with Gasteiger partial charge in [-0.1, -0.05) is 6.92 Å². The zero-order valence-electron chi connectivity index (χ0n) is 23.9. The highest BCUT2D eigenvalue weighted by atomic mass is 32.1. The Bertz CT molecular complexity index is 1770. The van der Waals surface area contributed by atoms with Crippen LogP contribution in [0.4, 0.5) is 23.8 Å². The van der Waals surface area contributed by atoms with E-state index in [1.165, 1.54) is 30.7 Å². The molecule has 1 aliphatic heterocycles. The predicted octanol–water partition coefficient (Wildman–Crippen LogP) is 5.17. The van der Waals surface area contributed by atoms with Crippen LogP contribution in [-0.4, -0.2) is 67.7 Å². The first-order valence-electron chi connectivity index (χ1n) is 14.1. The van der Waals surface area contributed by atoms with Gasteiger partial charge in [-0.2, -0.15) is 13.2 Å². The van der Waals surface area contributed by atoms with Crippen LogP contribution in [0.5, 0.6) is 0 Å². The van der Waals surface area contributed by atoms with Crippen LogP contribution in [0, 0.1) is 5.92 Å². The molecule has 5 rings (SSSR count). The summed E-state index contributed by atoms with van der Waals surface area (Å²) in [5.41, 5.74) is -1.13. The fraction of sp³-hybridized carbons (Fsp3) is 0.379. The van der Waals surface area contributed by atoms with Gasteiger partial charge < -0.3 is 19.9 Å². The average molecular weight is 630 g/mol. The summed E-state index contributed by atoms with van der Waals surface area (Å²) in [6.45, 7) is 7.44. The summed E-state index contributed by atoms with van der Waals surface area (Å²) in [6, 6.07) is 2.25. The smallest absolute Gasteiger partial charge is 0.434 e. The molecule has 0 saturated carbocycles. The number of carboxylic acid groups (broad SMARTS) is 1. The molecule has 15 heteroatoms. The third-order valence-corrected chi connectivity index (χ3v) is 8.22. The van der Waals surface area contributed by atoms with E-state index in [0.717, 1.165) is 49.2 Å². The van der Waals surface area contributed by atoms with E-state index in [9.17, 15) is 32.7 Å². The van der Waals surface area contributed by atoms with Gasteiger partial charge in [-0.3, -0.25) is 15.1 Å². The number of carboxylic acids is 1. The Balaban J connectivity index is 1.61. The Morgan fingerprint density at radius 1 is 1.16 bits per heavy atom. The number of thiazole rings is 1. The summed E-state index contributed by atoms with van der Waals surface area (Å²) >= 11 is 0.751. The van der Waals surface area contributed by atoms with Gasteiger partial charge in [-0.25, -0.2) is 19.6 Å². The maximum Gasteiger partial charge on any atom is 0.434 e. The predicted molar refractivity (Wildman–Crippen MR) is 160 cm³/mol. The second-order valence-electron chi connectivity index (χ2n) is 10.5. The van der Waals surface area contributed by atoms with Crippen LogP contribution in [0.25, 0.3) is 32.7 Å². The fourth-order valence-electron chi connectivity index (χ4n) is 5.35. The normalized spacial score (nSPS) is 15.5. The van der Waals surface area contributed by atoms with Crippen molar-refractivity contribution in [3.63, 3.8) is 0 Å². The van der Waals surface area contributed by atoms with E-state index in [-0.39, 0.29) is 39.0 Å². The van der Waals surface area contributed by atoms with Crippen LogP contribution < -0.4 is 16.1 Å². The van der Waals surface area contributed by atoms with Crippen molar-refractivity contribution < 1.29 is 27.9 Å². The number of aromatic carboxylic acids is 1. The van der Waals surface area contributed by atoms with Crippen molar-refractivity contribution in [3.8, 4) is 21.8 Å². The molecule has 11 nitrogen and oxygen atoms in total. The molecule has 1 fully saturated rings. The van der Waals surface area contributed by atoms with E-state index in [4.69, 9.17) is 0 Å². The van der Waals surface area contributed by atoms with E-state index in [1.807, 2.05) is 0 Å². The monoisotopic (exact) mass is 629 g/mol. The number of nitrogens with zero attached hydrogens (tertiary/aromatic N) is 5. The number of fused-ring (bicyclic) bond motifs is 1. The molecule has 0 radical (unpaired) electrons. The van der Waals surface area contributed by atoms with Crippen molar-refractivity contribution in [3.05, 3.63) is 57.6 Å². The van der Waals surface area contributed by atoms with Gasteiger partial charge in [0.1, 0.15) is 16.4 Å². The van der Waals surface area contributed by atoms with Crippen LogP contribution in [0.3, 0.4) is 0 Å². The first kappa shape index (κ1) is 31.1. The van der Waals surface area contributed by atoms with Crippen molar-refractivity contribution in [2.75, 3.05) is 31.5 Å². The maximum absolute atomic E-state index is 13.4. The number of urea groups is 1. The summed E-state index contributed by atoms with van der Waals surface area (Å²) in [7, 11) is 0. The van der Waals surface area contributed by atoms with Gasteiger partial charge in [-0.15, -0.1) is 11.3 Å². The molecule has 1 saturated heterocycles. The number of rotatable bonds is 9. The minimum atomic E-state index is -4.67. The van der Waals surface area contributed by atoms with Crippen LogP contribution in [0.1, 0.15) is 42.7 Å². The Hall–Kier alpha value is -4.37. The number of hydrogen-bond acceptors (Lipinski definition) is 8. The minimum Gasteiger partial charge on any atom is -0.477 e. The topological polar surface area (TPSA) is 142 Å². The third kappa shape index (κ3) is 6.58.